The fraction of sp³-hybridized carbons (Fsp3) is 0.409. The second-order valence-corrected chi connectivity index (χ2v) is 8.39. The maximum Gasteiger partial charge on any atom is 0.239 e. The lowest BCUT2D eigenvalue weighted by molar-refractivity contribution is -0.117. The highest BCUT2D eigenvalue weighted by atomic mass is 16.5. The molecule has 1 amide bonds. The van der Waals surface area contributed by atoms with Crippen LogP contribution in [-0.2, 0) is 4.79 Å². The summed E-state index contributed by atoms with van der Waals surface area (Å²) in [5, 5.41) is 15.4. The molecule has 32 heavy (non-hydrogen) atoms. The molecule has 5 heterocycles. The van der Waals surface area contributed by atoms with Crippen molar-refractivity contribution in [2.45, 2.75) is 39.5 Å². The van der Waals surface area contributed by atoms with Crippen molar-refractivity contribution in [2.24, 2.45) is 0 Å². The normalized spacial score (nSPS) is 17.2. The maximum absolute atomic E-state index is 12.6. The number of fused-ring (bicyclic) bond motifs is 1. The zero-order valence-electron chi connectivity index (χ0n) is 18.3. The van der Waals surface area contributed by atoms with Gasteiger partial charge in [0.25, 0.3) is 0 Å². The van der Waals surface area contributed by atoms with Crippen molar-refractivity contribution in [3.63, 3.8) is 0 Å². The van der Waals surface area contributed by atoms with E-state index in [2.05, 4.69) is 25.5 Å². The van der Waals surface area contributed by atoms with Crippen molar-refractivity contribution in [3.8, 4) is 11.3 Å². The molecule has 1 atom stereocenters. The first kappa shape index (κ1) is 20.4. The van der Waals surface area contributed by atoms with Crippen LogP contribution in [0.2, 0.25) is 0 Å². The number of nitrogens with one attached hydrogen (secondary N) is 1. The molecule has 0 unspecified atom stereocenters. The predicted octanol–water partition coefficient (Wildman–Crippen LogP) is 3.12. The molecule has 0 aromatic carbocycles. The smallest absolute Gasteiger partial charge is 0.239 e. The monoisotopic (exact) mass is 435 g/mol. The van der Waals surface area contributed by atoms with Crippen molar-refractivity contribution in [2.75, 3.05) is 25.0 Å². The number of likely N-dealkylation sites (tertiary alicyclic amines) is 1. The summed E-state index contributed by atoms with van der Waals surface area (Å²) in [7, 11) is 0. The fourth-order valence-electron chi connectivity index (χ4n) is 4.37. The van der Waals surface area contributed by atoms with Gasteiger partial charge in [-0.25, -0.2) is 9.50 Å². The Bertz CT molecular complexity index is 1270. The summed E-state index contributed by atoms with van der Waals surface area (Å²) in [6.07, 6.45) is 3.79. The number of carbonyl (C=O) groups is 1. The minimum Gasteiger partial charge on any atom is -0.360 e. The number of aryl methyl sites for hydroxylation is 3. The molecule has 166 valence electrons. The van der Waals surface area contributed by atoms with Gasteiger partial charge in [-0.15, -0.1) is 0 Å². The van der Waals surface area contributed by atoms with Gasteiger partial charge in [0.1, 0.15) is 5.76 Å². The van der Waals surface area contributed by atoms with Gasteiger partial charge in [-0.2, -0.15) is 5.10 Å². The third-order valence-electron chi connectivity index (χ3n) is 5.69. The Kier molecular flexibility index (Phi) is 5.22. The average molecular weight is 435 g/mol. The van der Waals surface area contributed by atoms with Crippen LogP contribution < -0.4 is 5.32 Å². The second-order valence-electron chi connectivity index (χ2n) is 8.39. The van der Waals surface area contributed by atoms with E-state index in [1.165, 1.54) is 0 Å². The van der Waals surface area contributed by atoms with Crippen LogP contribution in [0.4, 0.5) is 5.82 Å². The molecule has 4 aromatic rings. The molecule has 1 aliphatic rings. The van der Waals surface area contributed by atoms with E-state index < -0.39 is 0 Å². The van der Waals surface area contributed by atoms with Crippen molar-refractivity contribution in [3.05, 3.63) is 47.2 Å². The summed E-state index contributed by atoms with van der Waals surface area (Å²) in [4.78, 5) is 19.3. The SMILES string of the molecule is Cc1cc(-c2cnc3cc(C)nn3c2[C@H]2CCCN(CC(=O)Nc3cc(C)on3)C2)on1. The van der Waals surface area contributed by atoms with Crippen LogP contribution in [-0.4, -0.2) is 55.4 Å². The number of rotatable bonds is 5. The Hall–Kier alpha value is -3.53. The third kappa shape index (κ3) is 4.01. The largest absolute Gasteiger partial charge is 0.360 e. The lowest BCUT2D eigenvalue weighted by Crippen LogP contribution is -2.40. The van der Waals surface area contributed by atoms with Crippen molar-refractivity contribution in [1.82, 2.24) is 29.8 Å². The van der Waals surface area contributed by atoms with Gasteiger partial charge in [0.05, 0.1) is 29.2 Å². The minimum absolute atomic E-state index is 0.111. The Balaban J connectivity index is 1.42. The van der Waals surface area contributed by atoms with Gasteiger partial charge in [-0.3, -0.25) is 9.69 Å². The quantitative estimate of drug-likeness (QED) is 0.508. The molecule has 1 N–H and O–H groups in total. The van der Waals surface area contributed by atoms with E-state index >= 15 is 0 Å². The maximum atomic E-state index is 12.6. The minimum atomic E-state index is -0.111. The Labute approximate surface area is 184 Å². The zero-order valence-corrected chi connectivity index (χ0v) is 18.3. The van der Waals surface area contributed by atoms with Crippen LogP contribution in [0, 0.1) is 20.8 Å². The van der Waals surface area contributed by atoms with Crippen LogP contribution in [0.3, 0.4) is 0 Å². The van der Waals surface area contributed by atoms with E-state index in [0.29, 0.717) is 17.3 Å². The highest BCUT2D eigenvalue weighted by molar-refractivity contribution is 5.91. The third-order valence-corrected chi connectivity index (χ3v) is 5.69. The highest BCUT2D eigenvalue weighted by Gasteiger charge is 2.29. The molecule has 0 spiro atoms. The summed E-state index contributed by atoms with van der Waals surface area (Å²) in [6, 6.07) is 5.58. The molecule has 1 aliphatic heterocycles. The Morgan fingerprint density at radius 3 is 2.78 bits per heavy atom. The number of nitrogens with zero attached hydrogens (tertiary/aromatic N) is 6. The van der Waals surface area contributed by atoms with Crippen molar-refractivity contribution < 1.29 is 13.8 Å². The molecule has 1 saturated heterocycles. The Morgan fingerprint density at radius 1 is 1.16 bits per heavy atom. The van der Waals surface area contributed by atoms with E-state index in [4.69, 9.17) is 14.1 Å². The molecular formula is C22H25N7O3. The summed E-state index contributed by atoms with van der Waals surface area (Å²) in [6.45, 7) is 7.51. The number of amides is 1. The van der Waals surface area contributed by atoms with E-state index in [1.54, 1.807) is 13.0 Å². The average Bonchev–Trinajstić information content (AvgIpc) is 3.46. The van der Waals surface area contributed by atoms with Crippen LogP contribution >= 0.6 is 0 Å². The number of hydrogen-bond acceptors (Lipinski definition) is 8. The summed E-state index contributed by atoms with van der Waals surface area (Å²) < 4.78 is 12.5. The first-order valence-electron chi connectivity index (χ1n) is 10.7. The first-order chi connectivity index (χ1) is 15.5. The predicted molar refractivity (Wildman–Crippen MR) is 116 cm³/mol. The van der Waals surface area contributed by atoms with Gasteiger partial charge in [0, 0.05) is 36.9 Å². The highest BCUT2D eigenvalue weighted by Crippen LogP contribution is 2.35. The van der Waals surface area contributed by atoms with E-state index in [9.17, 15) is 4.79 Å². The first-order valence-corrected chi connectivity index (χ1v) is 10.7. The van der Waals surface area contributed by atoms with Crippen LogP contribution in [0.1, 0.15) is 41.6 Å². The standard InChI is InChI=1S/C22H25N7O3/c1-13-8-20-23-10-17(18-7-14(2)26-32-18)22(29(20)25-13)16-5-4-6-28(11-16)12-21(30)24-19-9-15(3)31-27-19/h7-10,16H,4-6,11-12H2,1-3H3,(H,24,27,30)/t16-/m0/s1. The van der Waals surface area contributed by atoms with Gasteiger partial charge in [-0.05, 0) is 40.2 Å². The molecule has 5 rings (SSSR count). The molecule has 0 radical (unpaired) electrons. The van der Waals surface area contributed by atoms with Crippen LogP contribution in [0.15, 0.2) is 33.4 Å². The van der Waals surface area contributed by atoms with Crippen LogP contribution in [0.5, 0.6) is 0 Å². The molecule has 10 nitrogen and oxygen atoms in total. The summed E-state index contributed by atoms with van der Waals surface area (Å²) in [5.41, 5.74) is 4.44. The number of hydrogen-bond donors (Lipinski definition) is 1. The zero-order chi connectivity index (χ0) is 22.2. The van der Waals surface area contributed by atoms with Crippen molar-refractivity contribution in [1.29, 1.82) is 0 Å². The van der Waals surface area contributed by atoms with Gasteiger partial charge >= 0.3 is 0 Å². The van der Waals surface area contributed by atoms with Crippen molar-refractivity contribution >= 4 is 17.4 Å². The van der Waals surface area contributed by atoms with Gasteiger partial charge in [-0.1, -0.05) is 10.3 Å². The second kappa shape index (κ2) is 8.19. The van der Waals surface area contributed by atoms with Gasteiger partial charge < -0.3 is 14.4 Å². The number of anilines is 1. The molecular weight excluding hydrogens is 410 g/mol. The molecule has 0 aliphatic carbocycles. The van der Waals surface area contributed by atoms with E-state index in [-0.39, 0.29) is 18.4 Å². The number of piperidine rings is 1. The summed E-state index contributed by atoms with van der Waals surface area (Å²) in [5.74, 6) is 1.82. The Morgan fingerprint density at radius 2 is 2.03 bits per heavy atom. The van der Waals surface area contributed by atoms with E-state index in [1.807, 2.05) is 36.7 Å². The van der Waals surface area contributed by atoms with E-state index in [0.717, 1.165) is 54.2 Å². The lowest BCUT2D eigenvalue weighted by Gasteiger charge is -2.33. The topological polar surface area (TPSA) is 115 Å². The molecule has 4 aromatic heterocycles. The molecule has 1 fully saturated rings. The van der Waals surface area contributed by atoms with Crippen LogP contribution in [0.25, 0.3) is 17.0 Å². The van der Waals surface area contributed by atoms with Gasteiger partial charge in [0.15, 0.2) is 17.2 Å². The molecule has 0 bridgehead atoms. The number of carbonyl (C=O) groups excluding carboxylic acids is 1. The fourth-order valence-corrected chi connectivity index (χ4v) is 4.37. The van der Waals surface area contributed by atoms with Gasteiger partial charge in [0.2, 0.25) is 5.91 Å². The molecule has 10 heteroatoms. The summed E-state index contributed by atoms with van der Waals surface area (Å²) >= 11 is 0. The number of aromatic nitrogens is 5. The molecule has 0 saturated carbocycles. The lowest BCUT2D eigenvalue weighted by atomic mass is 9.91.